The van der Waals surface area contributed by atoms with Gasteiger partial charge in [0.2, 0.25) is 0 Å². The van der Waals surface area contributed by atoms with E-state index >= 15 is 0 Å². The molecule has 12 aromatic rings. The zero-order valence-corrected chi connectivity index (χ0v) is 41.1. The molecule has 0 aliphatic rings. The number of benzene rings is 10. The van der Waals surface area contributed by atoms with Crippen molar-refractivity contribution < 1.29 is 0 Å². The molecule has 0 spiro atoms. The lowest BCUT2D eigenvalue weighted by atomic mass is 9.91. The summed E-state index contributed by atoms with van der Waals surface area (Å²) >= 11 is 0. The lowest BCUT2D eigenvalue weighted by Crippen LogP contribution is -2.04. The normalized spacial score (nSPS) is 11.5. The van der Waals surface area contributed by atoms with E-state index in [2.05, 4.69) is 265 Å². The second-order valence-electron chi connectivity index (χ2n) is 18.5. The van der Waals surface area contributed by atoms with E-state index in [0.29, 0.717) is 5.82 Å². The summed E-state index contributed by atoms with van der Waals surface area (Å²) in [6.45, 7) is 6.78. The van der Waals surface area contributed by atoms with Crippen molar-refractivity contribution in [2.75, 3.05) is 0 Å². The Hall–Kier alpha value is -9.70. The third kappa shape index (κ3) is 8.78. The van der Waals surface area contributed by atoms with Crippen LogP contribution in [-0.4, -0.2) is 14.5 Å². The molecule has 12 rings (SSSR count). The Kier molecular flexibility index (Phi) is 12.4. The zero-order chi connectivity index (χ0) is 49.8. The van der Waals surface area contributed by atoms with Crippen molar-refractivity contribution in [3.8, 4) is 95.2 Å². The van der Waals surface area contributed by atoms with Gasteiger partial charge in [0.15, 0.2) is 5.82 Å². The van der Waals surface area contributed by atoms with E-state index in [9.17, 15) is 0 Å². The van der Waals surface area contributed by atoms with Crippen LogP contribution in [0, 0.1) is 0 Å². The number of nitrogens with zero attached hydrogens (tertiary/aromatic N) is 3. The average Bonchev–Trinajstić information content (AvgIpc) is 3.79. The van der Waals surface area contributed by atoms with E-state index in [1.807, 2.05) is 25.1 Å². The Morgan fingerprint density at radius 1 is 0.365 bits per heavy atom. The van der Waals surface area contributed by atoms with Gasteiger partial charge < -0.3 is 4.57 Å². The van der Waals surface area contributed by atoms with Crippen LogP contribution >= 0.6 is 0 Å². The van der Waals surface area contributed by atoms with Gasteiger partial charge in [0, 0.05) is 38.6 Å². The highest BCUT2D eigenvalue weighted by molar-refractivity contribution is 6.16. The first-order valence-corrected chi connectivity index (χ1v) is 25.2. The van der Waals surface area contributed by atoms with Gasteiger partial charge in [0.25, 0.3) is 0 Å². The van der Waals surface area contributed by atoms with Crippen LogP contribution in [0.1, 0.15) is 12.5 Å². The molecule has 0 aliphatic carbocycles. The number of allylic oxidation sites excluding steroid dienone is 5. The minimum Gasteiger partial charge on any atom is -0.308 e. The standard InChI is InChI=1S/C71H51N3/c1-3-4-12-27-49(2)58-46-68-64(44-59(58)50-28-13-5-14-29-50)65-45-60(51-30-15-6-16-31-51)61(52-32-17-7-18-33-52)47-69(65)74(68)70-62(53-34-19-8-20-35-53)42-57(43-63(70)54-36-21-9-22-37-54)71-72-66(55-38-23-10-24-39-55)48-67(73-71)56-40-25-11-26-41-56/h3-48H,2H2,1H3/b4-3-,27-12-. The van der Waals surface area contributed by atoms with Gasteiger partial charge in [-0.3, -0.25) is 0 Å². The van der Waals surface area contributed by atoms with Gasteiger partial charge in [-0.2, -0.15) is 0 Å². The SMILES string of the molecule is C=C(/C=C\C=C/C)c1cc2c(cc1-c1ccccc1)c1cc(-c3ccccc3)c(-c3ccccc3)cc1n2-c1c(-c2ccccc2)cc(-c2nc(-c3ccccc3)cc(-c3ccccc3)n2)cc1-c1ccccc1. The summed E-state index contributed by atoms with van der Waals surface area (Å²) in [4.78, 5) is 10.8. The molecule has 0 atom stereocenters. The molecule has 2 heterocycles. The summed E-state index contributed by atoms with van der Waals surface area (Å²) < 4.78 is 2.53. The number of aromatic nitrogens is 3. The monoisotopic (exact) mass is 945 g/mol. The molecule has 0 saturated carbocycles. The smallest absolute Gasteiger partial charge is 0.160 e. The lowest BCUT2D eigenvalue weighted by Gasteiger charge is -2.22. The third-order valence-corrected chi connectivity index (χ3v) is 13.9. The molecule has 0 bridgehead atoms. The molecule has 3 heteroatoms. The first kappa shape index (κ1) is 45.4. The van der Waals surface area contributed by atoms with Crippen LogP contribution in [0.2, 0.25) is 0 Å². The predicted octanol–water partition coefficient (Wildman–Crippen LogP) is 19.1. The molecule has 0 saturated heterocycles. The van der Waals surface area contributed by atoms with Crippen LogP contribution in [0.5, 0.6) is 0 Å². The highest BCUT2D eigenvalue weighted by atomic mass is 15.0. The third-order valence-electron chi connectivity index (χ3n) is 13.9. The minimum atomic E-state index is 0.645. The highest BCUT2D eigenvalue weighted by Crippen LogP contribution is 2.48. The largest absolute Gasteiger partial charge is 0.308 e. The van der Waals surface area contributed by atoms with Crippen LogP contribution in [0.4, 0.5) is 0 Å². The first-order valence-electron chi connectivity index (χ1n) is 25.2. The summed E-state index contributed by atoms with van der Waals surface area (Å²) in [6.07, 6.45) is 8.30. The Morgan fingerprint density at radius 2 is 0.730 bits per heavy atom. The Morgan fingerprint density at radius 3 is 1.16 bits per heavy atom. The van der Waals surface area contributed by atoms with Gasteiger partial charge in [-0.25, -0.2) is 9.97 Å². The maximum Gasteiger partial charge on any atom is 0.160 e. The van der Waals surface area contributed by atoms with Gasteiger partial charge in [-0.05, 0) is 105 Å². The van der Waals surface area contributed by atoms with Crippen LogP contribution in [-0.2, 0) is 0 Å². The van der Waals surface area contributed by atoms with Gasteiger partial charge in [0.05, 0.1) is 28.1 Å². The van der Waals surface area contributed by atoms with E-state index in [-0.39, 0.29) is 0 Å². The summed E-state index contributed by atoms with van der Waals surface area (Å²) in [6, 6.07) is 91.0. The average molecular weight is 946 g/mol. The van der Waals surface area contributed by atoms with E-state index in [1.54, 1.807) is 0 Å². The number of rotatable bonds is 12. The van der Waals surface area contributed by atoms with Crippen LogP contribution in [0.25, 0.3) is 123 Å². The van der Waals surface area contributed by atoms with Crippen molar-refractivity contribution in [2.24, 2.45) is 0 Å². The highest BCUT2D eigenvalue weighted by Gasteiger charge is 2.26. The molecule has 0 fully saturated rings. The summed E-state index contributed by atoms with van der Waals surface area (Å²) in [5, 5.41) is 2.28. The van der Waals surface area contributed by atoms with Crippen LogP contribution < -0.4 is 0 Å². The quantitative estimate of drug-likeness (QED) is 0.114. The number of fused-ring (bicyclic) bond motifs is 3. The van der Waals surface area contributed by atoms with Gasteiger partial charge in [0.1, 0.15) is 0 Å². The first-order chi connectivity index (χ1) is 36.6. The molecule has 10 aromatic carbocycles. The van der Waals surface area contributed by atoms with E-state index in [4.69, 9.17) is 16.5 Å². The van der Waals surface area contributed by atoms with Crippen molar-refractivity contribution in [2.45, 2.75) is 6.92 Å². The number of hydrogen-bond acceptors (Lipinski definition) is 2. The molecule has 0 amide bonds. The lowest BCUT2D eigenvalue weighted by molar-refractivity contribution is 1.16. The fraction of sp³-hybridized carbons (Fsp3) is 0.0141. The van der Waals surface area contributed by atoms with Gasteiger partial charge >= 0.3 is 0 Å². The van der Waals surface area contributed by atoms with Crippen LogP contribution in [0.15, 0.2) is 286 Å². The molecule has 0 aliphatic heterocycles. The van der Waals surface area contributed by atoms with Crippen molar-refractivity contribution in [3.63, 3.8) is 0 Å². The van der Waals surface area contributed by atoms with Gasteiger partial charge in [-0.1, -0.05) is 243 Å². The summed E-state index contributed by atoms with van der Waals surface area (Å²) in [5.41, 5.74) is 20.9. The minimum absolute atomic E-state index is 0.645. The van der Waals surface area contributed by atoms with Crippen molar-refractivity contribution >= 4 is 27.4 Å². The maximum atomic E-state index is 5.41. The summed E-state index contributed by atoms with van der Waals surface area (Å²) in [7, 11) is 0. The fourth-order valence-corrected chi connectivity index (χ4v) is 10.3. The summed E-state index contributed by atoms with van der Waals surface area (Å²) in [5.74, 6) is 0.645. The Balaban J connectivity index is 1.25. The molecule has 3 nitrogen and oxygen atoms in total. The second kappa shape index (κ2) is 20.2. The van der Waals surface area contributed by atoms with Crippen molar-refractivity contribution in [1.29, 1.82) is 0 Å². The Bertz CT molecular complexity index is 3910. The van der Waals surface area contributed by atoms with E-state index in [0.717, 1.165) is 117 Å². The number of hydrogen-bond donors (Lipinski definition) is 0. The van der Waals surface area contributed by atoms with E-state index < -0.39 is 0 Å². The topological polar surface area (TPSA) is 30.7 Å². The van der Waals surface area contributed by atoms with Crippen molar-refractivity contribution in [3.05, 3.63) is 291 Å². The maximum absolute atomic E-state index is 5.41. The molecule has 2 aromatic heterocycles. The second-order valence-corrected chi connectivity index (χ2v) is 18.5. The molecule has 0 radical (unpaired) electrons. The van der Waals surface area contributed by atoms with E-state index in [1.165, 1.54) is 5.56 Å². The molecule has 350 valence electrons. The molecular weight excluding hydrogens is 895 g/mol. The molecular formula is C71H51N3. The predicted molar refractivity (Wildman–Crippen MR) is 313 cm³/mol. The zero-order valence-electron chi connectivity index (χ0n) is 41.1. The van der Waals surface area contributed by atoms with Gasteiger partial charge in [-0.15, -0.1) is 0 Å². The molecule has 0 N–H and O–H groups in total. The molecule has 74 heavy (non-hydrogen) atoms. The van der Waals surface area contributed by atoms with Crippen molar-refractivity contribution in [1.82, 2.24) is 14.5 Å². The Labute approximate surface area is 433 Å². The molecule has 0 unspecified atom stereocenters. The van der Waals surface area contributed by atoms with Crippen LogP contribution in [0.3, 0.4) is 0 Å². The fourth-order valence-electron chi connectivity index (χ4n) is 10.3.